The van der Waals surface area contributed by atoms with E-state index in [0.717, 1.165) is 36.6 Å². The fourth-order valence-corrected chi connectivity index (χ4v) is 4.74. The number of hydrogen-bond donors (Lipinski definition) is 1. The number of nitrogens with zero attached hydrogens (tertiary/aromatic N) is 3. The Bertz CT molecular complexity index is 1270. The van der Waals surface area contributed by atoms with Crippen molar-refractivity contribution in [2.24, 2.45) is 0 Å². The van der Waals surface area contributed by atoms with E-state index in [1.807, 2.05) is 48.5 Å². The van der Waals surface area contributed by atoms with Crippen LogP contribution in [-0.4, -0.2) is 26.4 Å². The second-order valence-electron chi connectivity index (χ2n) is 7.69. The molecular weight excluding hydrogens is 412 g/mol. The van der Waals surface area contributed by atoms with E-state index in [9.17, 15) is 9.59 Å². The zero-order chi connectivity index (χ0) is 21.2. The fraction of sp³-hybridized carbons (Fsp3) is 0.304. The SMILES string of the molecule is O=C(CSc1nc2ccccc2o1)NCc1nn(C2CCCC2)c(=O)c2ccccc12. The molecular formula is C23H22N4O3S. The predicted octanol–water partition coefficient (Wildman–Crippen LogP) is 4.06. The molecule has 1 aliphatic rings. The van der Waals surface area contributed by atoms with Gasteiger partial charge >= 0.3 is 0 Å². The number of oxazole rings is 1. The van der Waals surface area contributed by atoms with Crippen LogP contribution in [0.25, 0.3) is 21.9 Å². The highest BCUT2D eigenvalue weighted by atomic mass is 32.2. The van der Waals surface area contributed by atoms with Gasteiger partial charge in [0, 0.05) is 5.39 Å². The van der Waals surface area contributed by atoms with Crippen LogP contribution in [0.15, 0.2) is 63.0 Å². The summed E-state index contributed by atoms with van der Waals surface area (Å²) >= 11 is 1.25. The van der Waals surface area contributed by atoms with Crippen molar-refractivity contribution in [3.63, 3.8) is 0 Å². The topological polar surface area (TPSA) is 90.0 Å². The monoisotopic (exact) mass is 434 g/mol. The average molecular weight is 435 g/mol. The van der Waals surface area contributed by atoms with Crippen LogP contribution in [0.2, 0.25) is 0 Å². The normalized spacial score (nSPS) is 14.5. The van der Waals surface area contributed by atoms with E-state index in [1.54, 1.807) is 4.68 Å². The Morgan fingerprint density at radius 3 is 2.65 bits per heavy atom. The van der Waals surface area contributed by atoms with Gasteiger partial charge in [0.15, 0.2) is 5.58 Å². The Morgan fingerprint density at radius 1 is 1.10 bits per heavy atom. The van der Waals surface area contributed by atoms with Crippen molar-refractivity contribution in [1.29, 1.82) is 0 Å². The number of fused-ring (bicyclic) bond motifs is 2. The van der Waals surface area contributed by atoms with Gasteiger partial charge in [-0.1, -0.05) is 54.9 Å². The van der Waals surface area contributed by atoms with Crippen LogP contribution in [0.4, 0.5) is 0 Å². The second kappa shape index (κ2) is 8.55. The highest BCUT2D eigenvalue weighted by Crippen LogP contribution is 2.28. The van der Waals surface area contributed by atoms with Gasteiger partial charge in [0.25, 0.3) is 10.8 Å². The van der Waals surface area contributed by atoms with Gasteiger partial charge in [-0.3, -0.25) is 9.59 Å². The largest absolute Gasteiger partial charge is 0.431 e. The molecule has 0 unspecified atom stereocenters. The van der Waals surface area contributed by atoms with Crippen LogP contribution in [0.5, 0.6) is 0 Å². The van der Waals surface area contributed by atoms with Crippen LogP contribution < -0.4 is 10.9 Å². The number of benzene rings is 2. The molecule has 2 aromatic carbocycles. The van der Waals surface area contributed by atoms with Gasteiger partial charge in [-0.15, -0.1) is 0 Å². The Morgan fingerprint density at radius 2 is 1.84 bits per heavy atom. The number of thioether (sulfide) groups is 1. The van der Waals surface area contributed by atoms with Gasteiger partial charge in [-0.2, -0.15) is 5.10 Å². The van der Waals surface area contributed by atoms with Crippen molar-refractivity contribution in [1.82, 2.24) is 20.1 Å². The molecule has 0 atom stereocenters. The number of carbonyl (C=O) groups excluding carboxylic acids is 1. The fourth-order valence-electron chi connectivity index (χ4n) is 4.07. The Labute approximate surface area is 182 Å². The minimum atomic E-state index is -0.142. The predicted molar refractivity (Wildman–Crippen MR) is 120 cm³/mol. The molecule has 2 aromatic heterocycles. The van der Waals surface area contributed by atoms with E-state index < -0.39 is 0 Å². The number of nitrogens with one attached hydrogen (secondary N) is 1. The molecule has 0 spiro atoms. The maximum Gasteiger partial charge on any atom is 0.274 e. The molecule has 0 aliphatic heterocycles. The van der Waals surface area contributed by atoms with E-state index in [-0.39, 0.29) is 29.8 Å². The molecule has 5 rings (SSSR count). The summed E-state index contributed by atoms with van der Waals surface area (Å²) in [7, 11) is 0. The summed E-state index contributed by atoms with van der Waals surface area (Å²) in [5.74, 6) is 0.0456. The lowest BCUT2D eigenvalue weighted by Crippen LogP contribution is -2.30. The Kier molecular flexibility index (Phi) is 5.46. The summed E-state index contributed by atoms with van der Waals surface area (Å²) in [5, 5.41) is 9.48. The molecule has 1 amide bonds. The molecule has 2 heterocycles. The molecule has 1 N–H and O–H groups in total. The quantitative estimate of drug-likeness (QED) is 0.460. The molecule has 0 bridgehead atoms. The maximum atomic E-state index is 12.9. The summed E-state index contributed by atoms with van der Waals surface area (Å²) in [6, 6.07) is 15.1. The lowest BCUT2D eigenvalue weighted by atomic mass is 10.1. The molecule has 31 heavy (non-hydrogen) atoms. The molecule has 158 valence electrons. The number of carbonyl (C=O) groups is 1. The third-order valence-electron chi connectivity index (χ3n) is 5.63. The first-order valence-corrected chi connectivity index (χ1v) is 11.4. The van der Waals surface area contributed by atoms with Gasteiger partial charge in [-0.25, -0.2) is 9.67 Å². The zero-order valence-electron chi connectivity index (χ0n) is 16.9. The molecule has 0 saturated heterocycles. The number of amides is 1. The maximum absolute atomic E-state index is 12.9. The lowest BCUT2D eigenvalue weighted by Gasteiger charge is -2.16. The van der Waals surface area contributed by atoms with Crippen LogP contribution in [0.3, 0.4) is 0 Å². The minimum absolute atomic E-state index is 0.0518. The van der Waals surface area contributed by atoms with Crippen molar-refractivity contribution in [3.05, 3.63) is 64.6 Å². The van der Waals surface area contributed by atoms with Gasteiger partial charge in [-0.05, 0) is 31.0 Å². The van der Waals surface area contributed by atoms with Crippen molar-refractivity contribution in [2.45, 2.75) is 43.5 Å². The number of hydrogen-bond acceptors (Lipinski definition) is 6. The van der Waals surface area contributed by atoms with Crippen molar-refractivity contribution >= 4 is 39.5 Å². The highest BCUT2D eigenvalue weighted by Gasteiger charge is 2.21. The van der Waals surface area contributed by atoms with E-state index in [1.165, 1.54) is 11.8 Å². The first-order chi connectivity index (χ1) is 15.2. The van der Waals surface area contributed by atoms with Crippen LogP contribution in [-0.2, 0) is 11.3 Å². The molecule has 4 aromatic rings. The Balaban J connectivity index is 1.31. The summed E-state index contributed by atoms with van der Waals surface area (Å²) in [6.07, 6.45) is 4.17. The second-order valence-corrected chi connectivity index (χ2v) is 8.62. The summed E-state index contributed by atoms with van der Waals surface area (Å²) in [6.45, 7) is 0.264. The molecule has 1 aliphatic carbocycles. The van der Waals surface area contributed by atoms with Crippen molar-refractivity contribution < 1.29 is 9.21 Å². The van der Waals surface area contributed by atoms with E-state index >= 15 is 0 Å². The highest BCUT2D eigenvalue weighted by molar-refractivity contribution is 7.99. The van der Waals surface area contributed by atoms with Crippen LogP contribution in [0.1, 0.15) is 37.4 Å². The first kappa shape index (κ1) is 19.8. The molecule has 1 saturated carbocycles. The number of para-hydroxylation sites is 2. The summed E-state index contributed by atoms with van der Waals surface area (Å²) < 4.78 is 7.28. The van der Waals surface area contributed by atoms with E-state index in [4.69, 9.17) is 4.42 Å². The van der Waals surface area contributed by atoms with E-state index in [0.29, 0.717) is 21.9 Å². The van der Waals surface area contributed by atoms with Crippen molar-refractivity contribution in [2.75, 3.05) is 5.75 Å². The lowest BCUT2D eigenvalue weighted by molar-refractivity contribution is -0.118. The van der Waals surface area contributed by atoms with Crippen LogP contribution >= 0.6 is 11.8 Å². The van der Waals surface area contributed by atoms with Gasteiger partial charge in [0.2, 0.25) is 5.91 Å². The average Bonchev–Trinajstić information content (AvgIpc) is 3.47. The summed E-state index contributed by atoms with van der Waals surface area (Å²) in [4.78, 5) is 29.8. The third-order valence-corrected chi connectivity index (χ3v) is 6.46. The molecule has 7 nitrogen and oxygen atoms in total. The summed E-state index contributed by atoms with van der Waals surface area (Å²) in [5.41, 5.74) is 2.14. The first-order valence-electron chi connectivity index (χ1n) is 10.4. The molecule has 1 fully saturated rings. The minimum Gasteiger partial charge on any atom is -0.431 e. The van der Waals surface area contributed by atoms with E-state index in [2.05, 4.69) is 15.4 Å². The Hall–Kier alpha value is -3.13. The van der Waals surface area contributed by atoms with Gasteiger partial charge < -0.3 is 9.73 Å². The van der Waals surface area contributed by atoms with Crippen LogP contribution in [0, 0.1) is 0 Å². The molecule has 0 radical (unpaired) electrons. The third kappa shape index (κ3) is 4.07. The van der Waals surface area contributed by atoms with Gasteiger partial charge in [0.1, 0.15) is 5.52 Å². The van der Waals surface area contributed by atoms with Gasteiger partial charge in [0.05, 0.1) is 29.4 Å². The molecule has 8 heteroatoms. The smallest absolute Gasteiger partial charge is 0.274 e. The standard InChI is InChI=1S/C23H22N4O3S/c28-21(14-31-23-25-18-11-5-6-12-20(18)30-23)24-13-19-16-9-3-4-10-17(16)22(29)27(26-19)15-7-1-2-8-15/h3-6,9-12,15H,1-2,7-8,13-14H2,(H,24,28). The number of aromatic nitrogens is 3. The number of rotatable bonds is 6. The van der Waals surface area contributed by atoms with Crippen molar-refractivity contribution in [3.8, 4) is 0 Å². The zero-order valence-corrected chi connectivity index (χ0v) is 17.7.